The minimum Gasteiger partial charge on any atom is -0.376 e. The SMILES string of the molecule is c1ccc(-c2cc3c4c5c2c2ccccc2n5-c2ccccc2B4N(c2ccccc2)c2ccc4sc5ccccc5c4c2-3)cc1. The number of para-hydroxylation sites is 3. The van der Waals surface area contributed by atoms with Gasteiger partial charge in [-0.2, -0.15) is 0 Å². The molecule has 0 saturated heterocycles. The third-order valence-electron chi connectivity index (χ3n) is 10.2. The summed E-state index contributed by atoms with van der Waals surface area (Å²) in [5.74, 6) is 0. The molecule has 212 valence electrons. The van der Waals surface area contributed by atoms with Crippen molar-refractivity contribution in [2.75, 3.05) is 4.81 Å². The van der Waals surface area contributed by atoms with E-state index in [2.05, 4.69) is 161 Å². The van der Waals surface area contributed by atoms with E-state index in [0.717, 1.165) is 0 Å². The summed E-state index contributed by atoms with van der Waals surface area (Å²) in [7, 11) is 0. The maximum Gasteiger partial charge on any atom is 0.333 e. The molecule has 4 heteroatoms. The lowest BCUT2D eigenvalue weighted by molar-refractivity contribution is 1.18. The lowest BCUT2D eigenvalue weighted by Crippen LogP contribution is -2.60. The van der Waals surface area contributed by atoms with Gasteiger partial charge in [0, 0.05) is 53.6 Å². The van der Waals surface area contributed by atoms with Crippen LogP contribution >= 0.6 is 11.3 Å². The number of rotatable bonds is 2. The van der Waals surface area contributed by atoms with Crippen LogP contribution < -0.4 is 15.7 Å². The Morgan fingerprint density at radius 3 is 2.11 bits per heavy atom. The summed E-state index contributed by atoms with van der Waals surface area (Å²) in [6, 6.07) is 56.2. The Hall–Kier alpha value is -5.58. The highest BCUT2D eigenvalue weighted by Crippen LogP contribution is 2.52. The minimum atomic E-state index is 0.0209. The smallest absolute Gasteiger partial charge is 0.333 e. The first kappa shape index (κ1) is 24.7. The second-order valence-corrected chi connectivity index (χ2v) is 13.5. The Bertz CT molecular complexity index is 2710. The van der Waals surface area contributed by atoms with Gasteiger partial charge in [0.25, 0.3) is 0 Å². The molecular weight excluding hydrogens is 575 g/mol. The maximum atomic E-state index is 2.62. The minimum absolute atomic E-state index is 0.0209. The molecule has 0 aliphatic carbocycles. The molecule has 2 aromatic heterocycles. The Morgan fingerprint density at radius 2 is 1.24 bits per heavy atom. The highest BCUT2D eigenvalue weighted by molar-refractivity contribution is 7.26. The molecule has 7 aromatic carbocycles. The highest BCUT2D eigenvalue weighted by atomic mass is 32.1. The molecular formula is C42H25BN2S. The molecule has 0 saturated carbocycles. The molecule has 0 fully saturated rings. The predicted octanol–water partition coefficient (Wildman–Crippen LogP) is 10.1. The molecule has 0 amide bonds. The van der Waals surface area contributed by atoms with Gasteiger partial charge in [-0.3, -0.25) is 0 Å². The second kappa shape index (κ2) is 9.00. The fourth-order valence-corrected chi connectivity index (χ4v) is 9.52. The predicted molar refractivity (Wildman–Crippen MR) is 198 cm³/mol. The third kappa shape index (κ3) is 3.07. The lowest BCUT2D eigenvalue weighted by Gasteiger charge is -2.42. The van der Waals surface area contributed by atoms with Crippen molar-refractivity contribution in [1.29, 1.82) is 0 Å². The van der Waals surface area contributed by atoms with Crippen molar-refractivity contribution in [3.8, 4) is 27.9 Å². The van der Waals surface area contributed by atoms with E-state index >= 15 is 0 Å². The van der Waals surface area contributed by atoms with Crippen molar-refractivity contribution in [2.24, 2.45) is 0 Å². The van der Waals surface area contributed by atoms with Gasteiger partial charge in [-0.15, -0.1) is 11.3 Å². The molecule has 0 N–H and O–H groups in total. The summed E-state index contributed by atoms with van der Waals surface area (Å²) >= 11 is 1.90. The molecule has 0 spiro atoms. The third-order valence-corrected chi connectivity index (χ3v) is 11.3. The number of aromatic nitrogens is 1. The van der Waals surface area contributed by atoms with Crippen LogP contribution in [-0.2, 0) is 0 Å². The zero-order valence-electron chi connectivity index (χ0n) is 24.8. The molecule has 9 aromatic rings. The van der Waals surface area contributed by atoms with Gasteiger partial charge in [-0.25, -0.2) is 0 Å². The number of anilines is 2. The summed E-state index contributed by atoms with van der Waals surface area (Å²) in [6.07, 6.45) is 0. The largest absolute Gasteiger partial charge is 0.376 e. The highest BCUT2D eigenvalue weighted by Gasteiger charge is 2.45. The summed E-state index contributed by atoms with van der Waals surface area (Å²) in [4.78, 5) is 2.62. The summed E-state index contributed by atoms with van der Waals surface area (Å²) in [5, 5.41) is 5.31. The zero-order valence-corrected chi connectivity index (χ0v) is 25.6. The number of benzene rings is 7. The molecule has 2 nitrogen and oxygen atoms in total. The number of fused-ring (bicyclic) bond motifs is 12. The zero-order chi connectivity index (χ0) is 29.9. The average Bonchev–Trinajstić information content (AvgIpc) is 3.68. The average molecular weight is 601 g/mol. The van der Waals surface area contributed by atoms with E-state index in [1.165, 1.54) is 92.2 Å². The number of nitrogens with zero attached hydrogens (tertiary/aromatic N) is 2. The Morgan fingerprint density at radius 1 is 0.522 bits per heavy atom. The molecule has 0 unspecified atom stereocenters. The number of hydrogen-bond acceptors (Lipinski definition) is 2. The van der Waals surface area contributed by atoms with Crippen LogP contribution in [0.25, 0.3) is 69.9 Å². The van der Waals surface area contributed by atoms with Crippen molar-refractivity contribution in [3.05, 3.63) is 152 Å². The van der Waals surface area contributed by atoms with Gasteiger partial charge in [0.15, 0.2) is 0 Å². The Labute approximate surface area is 270 Å². The van der Waals surface area contributed by atoms with Gasteiger partial charge in [-0.05, 0) is 76.1 Å². The van der Waals surface area contributed by atoms with E-state index in [-0.39, 0.29) is 6.85 Å². The van der Waals surface area contributed by atoms with Crippen LogP contribution in [0.1, 0.15) is 0 Å². The molecule has 0 atom stereocenters. The van der Waals surface area contributed by atoms with Gasteiger partial charge in [0.05, 0.1) is 11.0 Å². The lowest BCUT2D eigenvalue weighted by atomic mass is 9.43. The van der Waals surface area contributed by atoms with Crippen LogP contribution in [0, 0.1) is 0 Å². The summed E-state index contributed by atoms with van der Waals surface area (Å²) < 4.78 is 5.22. The molecule has 2 aliphatic heterocycles. The van der Waals surface area contributed by atoms with Crippen LogP contribution in [0.4, 0.5) is 11.4 Å². The van der Waals surface area contributed by atoms with E-state index in [0.29, 0.717) is 0 Å². The monoisotopic (exact) mass is 600 g/mol. The van der Waals surface area contributed by atoms with Gasteiger partial charge in [0.1, 0.15) is 0 Å². The van der Waals surface area contributed by atoms with E-state index in [9.17, 15) is 0 Å². The van der Waals surface area contributed by atoms with Crippen molar-refractivity contribution in [2.45, 2.75) is 0 Å². The van der Waals surface area contributed by atoms with E-state index in [4.69, 9.17) is 0 Å². The topological polar surface area (TPSA) is 8.17 Å². The van der Waals surface area contributed by atoms with E-state index in [1.54, 1.807) is 0 Å². The van der Waals surface area contributed by atoms with Gasteiger partial charge >= 0.3 is 6.85 Å². The molecule has 11 rings (SSSR count). The number of hydrogen-bond donors (Lipinski definition) is 0. The van der Waals surface area contributed by atoms with Crippen molar-refractivity contribution in [3.63, 3.8) is 0 Å². The maximum absolute atomic E-state index is 2.62. The Kier molecular flexibility index (Phi) is 4.83. The standard InChI is InChI=1S/C42H25BN2S/c1-3-13-26(14-4-1)30-25-31-39-35(23-24-37-40(39)29-18-8-12-22-36(29)46-37)45(27-15-5-2-6-16-27)43-32-19-9-11-21-34(32)44-33-20-10-7-17-28(33)38(30)42(44)41(31)43/h1-25H. The fraction of sp³-hybridized carbons (Fsp3) is 0. The second-order valence-electron chi connectivity index (χ2n) is 12.4. The normalized spacial score (nSPS) is 13.1. The molecule has 4 heterocycles. The van der Waals surface area contributed by atoms with Gasteiger partial charge < -0.3 is 9.38 Å². The van der Waals surface area contributed by atoms with Crippen LogP contribution in [0.5, 0.6) is 0 Å². The van der Waals surface area contributed by atoms with Gasteiger partial charge in [-0.1, -0.05) is 103 Å². The summed E-state index contributed by atoms with van der Waals surface area (Å²) in [5.41, 5.74) is 14.2. The van der Waals surface area contributed by atoms with Crippen LogP contribution in [0.15, 0.2) is 152 Å². The molecule has 46 heavy (non-hydrogen) atoms. The molecule has 0 bridgehead atoms. The van der Waals surface area contributed by atoms with Crippen LogP contribution in [0.2, 0.25) is 0 Å². The summed E-state index contributed by atoms with van der Waals surface area (Å²) in [6.45, 7) is 0.0209. The number of thiophene rings is 1. The molecule has 0 radical (unpaired) electrons. The van der Waals surface area contributed by atoms with Crippen molar-refractivity contribution >= 4 is 82.5 Å². The Balaban J connectivity index is 1.43. The van der Waals surface area contributed by atoms with Crippen molar-refractivity contribution in [1.82, 2.24) is 4.57 Å². The first-order chi connectivity index (χ1) is 22.9. The van der Waals surface area contributed by atoms with Crippen LogP contribution in [0.3, 0.4) is 0 Å². The van der Waals surface area contributed by atoms with E-state index < -0.39 is 0 Å². The first-order valence-electron chi connectivity index (χ1n) is 15.9. The first-order valence-corrected chi connectivity index (χ1v) is 16.7. The van der Waals surface area contributed by atoms with Gasteiger partial charge in [0.2, 0.25) is 0 Å². The van der Waals surface area contributed by atoms with Crippen molar-refractivity contribution < 1.29 is 0 Å². The quantitative estimate of drug-likeness (QED) is 0.179. The fourth-order valence-electron chi connectivity index (χ4n) is 8.41. The van der Waals surface area contributed by atoms with E-state index in [1.807, 2.05) is 11.3 Å². The van der Waals surface area contributed by atoms with Crippen LogP contribution in [-0.4, -0.2) is 11.4 Å². The molecule has 2 aliphatic rings.